The minimum absolute atomic E-state index is 0.0208. The van der Waals surface area contributed by atoms with E-state index in [1.54, 1.807) is 38.1 Å². The second kappa shape index (κ2) is 11.6. The Morgan fingerprint density at radius 3 is 2.29 bits per heavy atom. The Morgan fingerprint density at radius 1 is 1.17 bits per heavy atom. The van der Waals surface area contributed by atoms with Gasteiger partial charge in [-0.1, -0.05) is 25.1 Å². The summed E-state index contributed by atoms with van der Waals surface area (Å²) in [5, 5.41) is 13.8. The summed E-state index contributed by atoms with van der Waals surface area (Å²) in [6.07, 6.45) is 1.21. The highest BCUT2D eigenvalue weighted by Crippen LogP contribution is 2.28. The number of nitrogens with one attached hydrogen (secondary N) is 1. The molecule has 35 heavy (non-hydrogen) atoms. The van der Waals surface area contributed by atoms with E-state index in [9.17, 15) is 28.1 Å². The SMILES string of the molecule is CCC(C(=O)NC)N(Cc1ccc(OC)cc1)C(=O)CN(c1cc([N+](=O)[O-])ccc1C)S(C)(=O)=O. The van der Waals surface area contributed by atoms with Gasteiger partial charge in [0.2, 0.25) is 21.8 Å². The molecule has 0 bridgehead atoms. The number of methoxy groups -OCH3 is 1. The Kier molecular flexibility index (Phi) is 9.18. The smallest absolute Gasteiger partial charge is 0.271 e. The van der Waals surface area contributed by atoms with Gasteiger partial charge in [-0.15, -0.1) is 0 Å². The molecule has 2 aromatic rings. The standard InChI is InChI=1S/C23H30N4O7S/c1-6-20(23(29)24-3)25(14-17-8-11-19(34-4)12-9-17)22(28)15-26(35(5,32)33)21-13-18(27(30)31)10-7-16(21)2/h7-13,20H,6,14-15H2,1-5H3,(H,24,29). The Morgan fingerprint density at radius 2 is 1.80 bits per heavy atom. The zero-order valence-corrected chi connectivity index (χ0v) is 21.2. The van der Waals surface area contributed by atoms with Crippen LogP contribution in [0.25, 0.3) is 0 Å². The number of nitrogens with zero attached hydrogens (tertiary/aromatic N) is 3. The number of nitro benzene ring substituents is 1. The van der Waals surface area contributed by atoms with Gasteiger partial charge in [0.25, 0.3) is 5.69 Å². The summed E-state index contributed by atoms with van der Waals surface area (Å²) in [4.78, 5) is 38.0. The number of anilines is 1. The predicted octanol–water partition coefficient (Wildman–Crippen LogP) is 2.23. The molecule has 0 aromatic heterocycles. The van der Waals surface area contributed by atoms with Gasteiger partial charge >= 0.3 is 0 Å². The van der Waals surface area contributed by atoms with E-state index in [0.29, 0.717) is 16.9 Å². The van der Waals surface area contributed by atoms with Gasteiger partial charge in [-0.05, 0) is 36.6 Å². The van der Waals surface area contributed by atoms with Crippen molar-refractivity contribution in [3.8, 4) is 5.75 Å². The fourth-order valence-electron chi connectivity index (χ4n) is 3.59. The van der Waals surface area contributed by atoms with E-state index in [1.807, 2.05) is 0 Å². The summed E-state index contributed by atoms with van der Waals surface area (Å²) < 4.78 is 31.3. The number of carbonyl (C=O) groups is 2. The third-order valence-electron chi connectivity index (χ3n) is 5.50. The van der Waals surface area contributed by atoms with Crippen LogP contribution in [0.15, 0.2) is 42.5 Å². The molecule has 0 spiro atoms. The van der Waals surface area contributed by atoms with E-state index in [0.717, 1.165) is 16.6 Å². The topological polar surface area (TPSA) is 139 Å². The molecule has 1 atom stereocenters. The number of non-ortho nitro benzene ring substituents is 1. The van der Waals surface area contributed by atoms with Crippen molar-refractivity contribution >= 4 is 33.2 Å². The minimum atomic E-state index is -4.01. The number of aryl methyl sites for hydroxylation is 1. The van der Waals surface area contributed by atoms with Gasteiger partial charge in [0.05, 0.1) is 24.0 Å². The van der Waals surface area contributed by atoms with Crippen molar-refractivity contribution in [3.05, 3.63) is 63.7 Å². The molecule has 2 aromatic carbocycles. The molecule has 0 aliphatic heterocycles. The third-order valence-corrected chi connectivity index (χ3v) is 6.62. The summed E-state index contributed by atoms with van der Waals surface area (Å²) in [5.41, 5.74) is 0.860. The Bertz CT molecular complexity index is 1180. The van der Waals surface area contributed by atoms with E-state index < -0.39 is 39.3 Å². The van der Waals surface area contributed by atoms with Crippen LogP contribution in [0.1, 0.15) is 24.5 Å². The number of benzene rings is 2. The maximum Gasteiger partial charge on any atom is 0.271 e. The number of nitro groups is 1. The zero-order chi connectivity index (χ0) is 26.3. The van der Waals surface area contributed by atoms with Gasteiger partial charge in [0.15, 0.2) is 0 Å². The molecule has 0 fully saturated rings. The third kappa shape index (κ3) is 6.92. The van der Waals surface area contributed by atoms with Crippen LogP contribution in [0.4, 0.5) is 11.4 Å². The van der Waals surface area contributed by atoms with Crippen LogP contribution in [0.2, 0.25) is 0 Å². The van der Waals surface area contributed by atoms with Gasteiger partial charge in [-0.25, -0.2) is 8.42 Å². The second-order valence-electron chi connectivity index (χ2n) is 7.91. The summed E-state index contributed by atoms with van der Waals surface area (Å²) >= 11 is 0. The molecule has 1 N–H and O–H groups in total. The molecule has 2 amide bonds. The van der Waals surface area contributed by atoms with E-state index in [-0.39, 0.29) is 24.3 Å². The van der Waals surface area contributed by atoms with E-state index >= 15 is 0 Å². The van der Waals surface area contributed by atoms with Crippen molar-refractivity contribution in [2.24, 2.45) is 0 Å². The van der Waals surface area contributed by atoms with E-state index in [2.05, 4.69) is 5.32 Å². The number of carbonyl (C=O) groups excluding carboxylic acids is 2. The van der Waals surface area contributed by atoms with Crippen molar-refractivity contribution < 1.29 is 27.7 Å². The molecule has 0 aliphatic rings. The maximum absolute atomic E-state index is 13.5. The van der Waals surface area contributed by atoms with E-state index in [4.69, 9.17) is 4.74 Å². The van der Waals surface area contributed by atoms with Crippen LogP contribution < -0.4 is 14.4 Å². The van der Waals surface area contributed by atoms with Crippen LogP contribution in [0.3, 0.4) is 0 Å². The van der Waals surface area contributed by atoms with Crippen molar-refractivity contribution in [2.45, 2.75) is 32.9 Å². The number of rotatable bonds is 11. The second-order valence-corrected chi connectivity index (χ2v) is 9.81. The molecule has 11 nitrogen and oxygen atoms in total. The lowest BCUT2D eigenvalue weighted by molar-refractivity contribution is -0.384. The molecule has 0 saturated carbocycles. The van der Waals surface area contributed by atoms with Gasteiger partial charge in [-0.2, -0.15) is 0 Å². The molecule has 0 aliphatic carbocycles. The molecular weight excluding hydrogens is 476 g/mol. The lowest BCUT2D eigenvalue weighted by Crippen LogP contribution is -2.51. The molecule has 190 valence electrons. The summed E-state index contributed by atoms with van der Waals surface area (Å²) in [6, 6.07) is 9.86. The van der Waals surface area contributed by atoms with E-state index in [1.165, 1.54) is 31.2 Å². The average molecular weight is 507 g/mol. The summed E-state index contributed by atoms with van der Waals surface area (Å²) in [6.45, 7) is 2.74. The largest absolute Gasteiger partial charge is 0.497 e. The molecule has 2 rings (SSSR count). The number of sulfonamides is 1. The van der Waals surface area contributed by atoms with Gasteiger partial charge in [0, 0.05) is 25.7 Å². The number of hydrogen-bond acceptors (Lipinski definition) is 7. The van der Waals surface area contributed by atoms with Gasteiger partial charge < -0.3 is 15.0 Å². The number of amides is 2. The highest BCUT2D eigenvalue weighted by atomic mass is 32.2. The normalized spacial score (nSPS) is 11.9. The first-order chi connectivity index (χ1) is 16.4. The molecule has 1 unspecified atom stereocenters. The molecular formula is C23H30N4O7S. The lowest BCUT2D eigenvalue weighted by atomic mass is 10.1. The molecule has 12 heteroatoms. The summed E-state index contributed by atoms with van der Waals surface area (Å²) in [5.74, 6) is -0.409. The first kappa shape index (κ1) is 27.6. The van der Waals surface area contributed by atoms with Crippen molar-refractivity contribution in [3.63, 3.8) is 0 Å². The Labute approximate surface area is 204 Å². The van der Waals surface area contributed by atoms with Crippen LogP contribution in [-0.4, -0.2) is 63.1 Å². The van der Waals surface area contributed by atoms with Gasteiger partial charge in [0.1, 0.15) is 18.3 Å². The van der Waals surface area contributed by atoms with Gasteiger partial charge in [-0.3, -0.25) is 24.0 Å². The lowest BCUT2D eigenvalue weighted by Gasteiger charge is -2.32. The Hall–Kier alpha value is -3.67. The fourth-order valence-corrected chi connectivity index (χ4v) is 4.49. The Balaban J connectivity index is 2.50. The van der Waals surface area contributed by atoms with Crippen LogP contribution in [0, 0.1) is 17.0 Å². The van der Waals surface area contributed by atoms with Crippen molar-refractivity contribution in [1.29, 1.82) is 0 Å². The average Bonchev–Trinajstić information content (AvgIpc) is 2.82. The number of likely N-dealkylation sites (N-methyl/N-ethyl adjacent to an activating group) is 1. The highest BCUT2D eigenvalue weighted by molar-refractivity contribution is 7.92. The highest BCUT2D eigenvalue weighted by Gasteiger charge is 2.32. The predicted molar refractivity (Wildman–Crippen MR) is 132 cm³/mol. The number of hydrogen-bond donors (Lipinski definition) is 1. The fraction of sp³-hybridized carbons (Fsp3) is 0.391. The molecule has 0 heterocycles. The quantitative estimate of drug-likeness (QED) is 0.364. The molecule has 0 saturated heterocycles. The summed E-state index contributed by atoms with van der Waals surface area (Å²) in [7, 11) is -1.02. The van der Waals surface area contributed by atoms with Crippen LogP contribution >= 0.6 is 0 Å². The first-order valence-electron chi connectivity index (χ1n) is 10.8. The number of ether oxygens (including phenoxy) is 1. The van der Waals surface area contributed by atoms with Crippen molar-refractivity contribution in [2.75, 3.05) is 31.3 Å². The molecule has 0 radical (unpaired) electrons. The van der Waals surface area contributed by atoms with Crippen molar-refractivity contribution in [1.82, 2.24) is 10.2 Å². The van der Waals surface area contributed by atoms with Crippen LogP contribution in [-0.2, 0) is 26.2 Å². The maximum atomic E-state index is 13.5. The van der Waals surface area contributed by atoms with Crippen LogP contribution in [0.5, 0.6) is 5.75 Å². The first-order valence-corrected chi connectivity index (χ1v) is 12.6. The monoisotopic (exact) mass is 506 g/mol. The zero-order valence-electron chi connectivity index (χ0n) is 20.3. The minimum Gasteiger partial charge on any atom is -0.497 e.